The molecule has 0 amide bonds. The number of carbonyl (C=O) groups excluding carboxylic acids is 1. The first-order valence-electron chi connectivity index (χ1n) is 5.65. The van der Waals surface area contributed by atoms with Crippen molar-refractivity contribution in [1.82, 2.24) is 9.78 Å². The average Bonchev–Trinajstić information content (AvgIpc) is 2.71. The molecule has 1 aromatic carbocycles. The molecule has 0 unspecified atom stereocenters. The summed E-state index contributed by atoms with van der Waals surface area (Å²) in [5.41, 5.74) is 1.04. The van der Waals surface area contributed by atoms with Gasteiger partial charge in [-0.1, -0.05) is 30.7 Å². The van der Waals surface area contributed by atoms with Crippen molar-refractivity contribution in [1.29, 1.82) is 0 Å². The Bertz CT molecular complexity index is 580. The van der Waals surface area contributed by atoms with E-state index in [9.17, 15) is 4.79 Å². The summed E-state index contributed by atoms with van der Waals surface area (Å²) in [6, 6.07) is 7.04. The molecule has 94 valence electrons. The molecular formula is C13H12BrClN2O. The van der Waals surface area contributed by atoms with Crippen LogP contribution in [0, 0.1) is 0 Å². The van der Waals surface area contributed by atoms with Gasteiger partial charge in [-0.05, 0) is 34.5 Å². The normalized spacial score (nSPS) is 10.6. The van der Waals surface area contributed by atoms with Crippen LogP contribution < -0.4 is 0 Å². The van der Waals surface area contributed by atoms with E-state index in [0.717, 1.165) is 6.42 Å². The summed E-state index contributed by atoms with van der Waals surface area (Å²) >= 11 is 9.41. The van der Waals surface area contributed by atoms with Crippen LogP contribution in [0.15, 0.2) is 34.9 Å². The fourth-order valence-electron chi connectivity index (χ4n) is 1.74. The maximum absolute atomic E-state index is 12.5. The fraction of sp³-hybridized carbons (Fsp3) is 0.231. The van der Waals surface area contributed by atoms with Gasteiger partial charge in [0.05, 0.1) is 15.7 Å². The topological polar surface area (TPSA) is 34.9 Å². The second kappa shape index (κ2) is 5.67. The lowest BCUT2D eigenvalue weighted by atomic mass is 10.1. The van der Waals surface area contributed by atoms with Crippen LogP contribution in [-0.2, 0) is 6.54 Å². The Balaban J connectivity index is 2.46. The monoisotopic (exact) mass is 326 g/mol. The first-order chi connectivity index (χ1) is 8.65. The van der Waals surface area contributed by atoms with Crippen LogP contribution in [0.2, 0.25) is 5.02 Å². The van der Waals surface area contributed by atoms with Crippen LogP contribution >= 0.6 is 27.5 Å². The Hall–Kier alpha value is -1.13. The predicted molar refractivity (Wildman–Crippen MR) is 75.1 cm³/mol. The molecule has 0 saturated heterocycles. The molecule has 18 heavy (non-hydrogen) atoms. The molecule has 0 bridgehead atoms. The number of hydrogen-bond acceptors (Lipinski definition) is 2. The first-order valence-corrected chi connectivity index (χ1v) is 6.82. The van der Waals surface area contributed by atoms with Crippen LogP contribution in [0.25, 0.3) is 0 Å². The van der Waals surface area contributed by atoms with E-state index in [1.54, 1.807) is 35.1 Å². The molecule has 5 heteroatoms. The highest BCUT2D eigenvalue weighted by molar-refractivity contribution is 9.10. The Morgan fingerprint density at radius 2 is 2.17 bits per heavy atom. The number of aromatic nitrogens is 2. The molecule has 0 N–H and O–H groups in total. The summed E-state index contributed by atoms with van der Waals surface area (Å²) in [5, 5.41) is 4.64. The third-order valence-corrected chi connectivity index (χ3v) is 3.47. The second-order valence-electron chi connectivity index (χ2n) is 3.87. The van der Waals surface area contributed by atoms with Gasteiger partial charge in [0.1, 0.15) is 5.69 Å². The van der Waals surface area contributed by atoms with Crippen molar-refractivity contribution in [2.45, 2.75) is 19.9 Å². The third-order valence-electron chi connectivity index (χ3n) is 2.56. The zero-order chi connectivity index (χ0) is 13.1. The zero-order valence-electron chi connectivity index (χ0n) is 9.86. The predicted octanol–water partition coefficient (Wildman–Crippen LogP) is 3.94. The first kappa shape index (κ1) is 13.3. The van der Waals surface area contributed by atoms with Crippen molar-refractivity contribution in [2.24, 2.45) is 0 Å². The van der Waals surface area contributed by atoms with Gasteiger partial charge in [-0.2, -0.15) is 5.10 Å². The van der Waals surface area contributed by atoms with Gasteiger partial charge in [-0.3, -0.25) is 9.48 Å². The Morgan fingerprint density at radius 1 is 1.44 bits per heavy atom. The zero-order valence-corrected chi connectivity index (χ0v) is 12.2. The van der Waals surface area contributed by atoms with Crippen LogP contribution in [0.4, 0.5) is 0 Å². The molecular weight excluding hydrogens is 316 g/mol. The van der Waals surface area contributed by atoms with E-state index in [1.807, 2.05) is 6.92 Å². The number of aryl methyl sites for hydroxylation is 1. The van der Waals surface area contributed by atoms with Gasteiger partial charge in [-0.25, -0.2) is 0 Å². The number of ketones is 1. The standard InChI is InChI=1S/C13H12BrClN2O/c1-2-7-17-12(10(14)8-16-17)13(18)9-5-3-4-6-11(9)15/h3-6,8H,2,7H2,1H3. The summed E-state index contributed by atoms with van der Waals surface area (Å²) in [4.78, 5) is 12.5. The minimum absolute atomic E-state index is 0.113. The second-order valence-corrected chi connectivity index (χ2v) is 5.13. The Kier molecular flexibility index (Phi) is 4.19. The van der Waals surface area contributed by atoms with Crippen LogP contribution in [0.1, 0.15) is 29.4 Å². The lowest BCUT2D eigenvalue weighted by Crippen LogP contribution is -2.12. The van der Waals surface area contributed by atoms with Crippen LogP contribution in [0.3, 0.4) is 0 Å². The van der Waals surface area contributed by atoms with Crippen molar-refractivity contribution in [2.75, 3.05) is 0 Å². The smallest absolute Gasteiger partial charge is 0.213 e. The summed E-state index contributed by atoms with van der Waals surface area (Å²) in [6.07, 6.45) is 2.55. The lowest BCUT2D eigenvalue weighted by Gasteiger charge is -2.07. The molecule has 0 aliphatic rings. The molecule has 0 atom stereocenters. The quantitative estimate of drug-likeness (QED) is 0.797. The molecule has 0 aliphatic heterocycles. The maximum atomic E-state index is 12.5. The van der Waals surface area contributed by atoms with Gasteiger partial charge in [0, 0.05) is 12.1 Å². The molecule has 1 heterocycles. The molecule has 2 aromatic rings. The summed E-state index contributed by atoms with van der Waals surface area (Å²) in [7, 11) is 0. The maximum Gasteiger partial charge on any atom is 0.213 e. The number of carbonyl (C=O) groups is 1. The molecule has 0 fully saturated rings. The van der Waals surface area contributed by atoms with E-state index in [0.29, 0.717) is 27.3 Å². The van der Waals surface area contributed by atoms with Gasteiger partial charge in [0.15, 0.2) is 0 Å². The van der Waals surface area contributed by atoms with Gasteiger partial charge >= 0.3 is 0 Å². The number of hydrogen-bond donors (Lipinski definition) is 0. The van der Waals surface area contributed by atoms with Crippen molar-refractivity contribution in [3.63, 3.8) is 0 Å². The summed E-state index contributed by atoms with van der Waals surface area (Å²) in [6.45, 7) is 2.75. The average molecular weight is 328 g/mol. The van der Waals surface area contributed by atoms with E-state index < -0.39 is 0 Å². The molecule has 0 radical (unpaired) electrons. The number of rotatable bonds is 4. The lowest BCUT2D eigenvalue weighted by molar-refractivity contribution is 0.102. The highest BCUT2D eigenvalue weighted by Crippen LogP contribution is 2.24. The molecule has 0 aliphatic carbocycles. The number of benzene rings is 1. The SMILES string of the molecule is CCCn1ncc(Br)c1C(=O)c1ccccc1Cl. The summed E-state index contributed by atoms with van der Waals surface area (Å²) in [5.74, 6) is -0.113. The van der Waals surface area contributed by atoms with Crippen LogP contribution in [-0.4, -0.2) is 15.6 Å². The number of nitrogens with zero attached hydrogens (tertiary/aromatic N) is 2. The Morgan fingerprint density at radius 3 is 2.83 bits per heavy atom. The fourth-order valence-corrected chi connectivity index (χ4v) is 2.44. The highest BCUT2D eigenvalue weighted by Gasteiger charge is 2.20. The van der Waals surface area contributed by atoms with Gasteiger partial charge in [-0.15, -0.1) is 0 Å². The van der Waals surface area contributed by atoms with Gasteiger partial charge in [0.2, 0.25) is 5.78 Å². The van der Waals surface area contributed by atoms with Crippen molar-refractivity contribution in [3.8, 4) is 0 Å². The largest absolute Gasteiger partial charge is 0.287 e. The minimum atomic E-state index is -0.113. The third kappa shape index (κ3) is 2.49. The molecule has 1 aromatic heterocycles. The van der Waals surface area contributed by atoms with Gasteiger partial charge < -0.3 is 0 Å². The molecule has 3 nitrogen and oxygen atoms in total. The van der Waals surface area contributed by atoms with Crippen LogP contribution in [0.5, 0.6) is 0 Å². The van der Waals surface area contributed by atoms with Crippen molar-refractivity contribution < 1.29 is 4.79 Å². The molecule has 0 spiro atoms. The van der Waals surface area contributed by atoms with Gasteiger partial charge in [0.25, 0.3) is 0 Å². The van der Waals surface area contributed by atoms with Crippen molar-refractivity contribution in [3.05, 3.63) is 51.2 Å². The number of halogens is 2. The summed E-state index contributed by atoms with van der Waals surface area (Å²) < 4.78 is 2.40. The van der Waals surface area contributed by atoms with E-state index in [2.05, 4.69) is 21.0 Å². The van der Waals surface area contributed by atoms with E-state index >= 15 is 0 Å². The highest BCUT2D eigenvalue weighted by atomic mass is 79.9. The molecule has 2 rings (SSSR count). The minimum Gasteiger partial charge on any atom is -0.287 e. The van der Waals surface area contributed by atoms with E-state index in [1.165, 1.54) is 0 Å². The Labute approximate surface area is 119 Å². The van der Waals surface area contributed by atoms with Crippen molar-refractivity contribution >= 4 is 33.3 Å². The molecule has 0 saturated carbocycles. The van der Waals surface area contributed by atoms with E-state index in [-0.39, 0.29) is 5.78 Å². The van der Waals surface area contributed by atoms with E-state index in [4.69, 9.17) is 11.6 Å².